The lowest BCUT2D eigenvalue weighted by Crippen LogP contribution is -2.63. The Bertz CT molecular complexity index is 2200. The van der Waals surface area contributed by atoms with Crippen LogP contribution in [0, 0.1) is 10.1 Å². The summed E-state index contributed by atoms with van der Waals surface area (Å²) < 4.78 is 61.5. The molecule has 1 aliphatic rings. The Labute approximate surface area is 380 Å². The zero-order valence-corrected chi connectivity index (χ0v) is 37.2. The van der Waals surface area contributed by atoms with Crippen molar-refractivity contribution >= 4 is 63.1 Å². The van der Waals surface area contributed by atoms with Crippen LogP contribution in [-0.4, -0.2) is 131 Å². The molecule has 1 saturated heterocycles. The number of nitro groups is 1. The first-order valence-corrected chi connectivity index (χ1v) is 21.1. The van der Waals surface area contributed by atoms with Gasteiger partial charge in [0.05, 0.1) is 44.6 Å². The van der Waals surface area contributed by atoms with Crippen molar-refractivity contribution in [2.75, 3.05) is 59.3 Å². The van der Waals surface area contributed by atoms with Crippen molar-refractivity contribution in [2.24, 2.45) is 5.11 Å². The first-order valence-electron chi connectivity index (χ1n) is 20.3. The third kappa shape index (κ3) is 17.4. The van der Waals surface area contributed by atoms with Crippen LogP contribution in [0.15, 0.2) is 47.6 Å². The van der Waals surface area contributed by atoms with E-state index in [9.17, 15) is 38.9 Å². The van der Waals surface area contributed by atoms with E-state index in [2.05, 4.69) is 15.3 Å². The highest BCUT2D eigenvalue weighted by Crippen LogP contribution is 2.39. The van der Waals surface area contributed by atoms with Gasteiger partial charge in [0.15, 0.2) is 12.2 Å². The van der Waals surface area contributed by atoms with Crippen LogP contribution in [0.25, 0.3) is 20.5 Å². The molecule has 1 fully saturated rings. The maximum Gasteiger partial charge on any atom is 0.514 e. The summed E-state index contributed by atoms with van der Waals surface area (Å²) in [7, 11) is 0. The van der Waals surface area contributed by atoms with E-state index < -0.39 is 72.3 Å². The molecular weight excluding hydrogens is 899 g/mol. The summed E-state index contributed by atoms with van der Waals surface area (Å²) in [5, 5.41) is 17.6. The van der Waals surface area contributed by atoms with Gasteiger partial charge >= 0.3 is 30.0 Å². The first kappa shape index (κ1) is 52.0. The second-order valence-corrected chi connectivity index (χ2v) is 15.0. The van der Waals surface area contributed by atoms with Gasteiger partial charge in [0, 0.05) is 84.8 Å². The smallest absolute Gasteiger partial charge is 0.463 e. The van der Waals surface area contributed by atoms with E-state index in [4.69, 9.17) is 57.6 Å². The van der Waals surface area contributed by atoms with Crippen molar-refractivity contribution in [2.45, 2.75) is 77.8 Å². The maximum atomic E-state index is 12.8. The molecule has 25 heteroatoms. The molecule has 0 saturated carbocycles. The number of rotatable bonds is 26. The van der Waals surface area contributed by atoms with Crippen LogP contribution in [0.2, 0.25) is 0 Å². The van der Waals surface area contributed by atoms with E-state index in [0.29, 0.717) is 53.6 Å². The number of fused-ring (bicyclic) bond motifs is 1. The predicted octanol–water partition coefficient (Wildman–Crippen LogP) is 4.40. The number of hydrogen-bond donors (Lipinski definition) is 1. The maximum absolute atomic E-state index is 12.8. The third-order valence-corrected chi connectivity index (χ3v) is 10.1. The lowest BCUT2D eigenvalue weighted by molar-refractivity contribution is -0.384. The number of non-ortho nitro benzene ring substituents is 1. The molecule has 5 atom stereocenters. The molecule has 2 aromatic carbocycles. The fourth-order valence-corrected chi connectivity index (χ4v) is 7.30. The van der Waals surface area contributed by atoms with Gasteiger partial charge in [0.1, 0.15) is 30.8 Å². The number of ether oxygens (including phenoxy) is 11. The Morgan fingerprint density at radius 1 is 0.818 bits per heavy atom. The molecule has 0 spiro atoms. The lowest BCUT2D eigenvalue weighted by atomic mass is 9.98. The van der Waals surface area contributed by atoms with Gasteiger partial charge in [-0.3, -0.25) is 34.1 Å². The molecular formula is C41H49N5O19S. The van der Waals surface area contributed by atoms with Gasteiger partial charge in [-0.15, -0.1) is 11.3 Å². The van der Waals surface area contributed by atoms with Gasteiger partial charge in [-0.05, 0) is 36.2 Å². The minimum atomic E-state index is -1.56. The second kappa shape index (κ2) is 27.0. The number of nitrogens with zero attached hydrogens (tertiary/aromatic N) is 4. The number of hydrogen-bond acceptors (Lipinski definition) is 21. The zero-order chi connectivity index (χ0) is 48.0. The summed E-state index contributed by atoms with van der Waals surface area (Å²) >= 11 is 1.26. The van der Waals surface area contributed by atoms with Crippen molar-refractivity contribution in [1.29, 1.82) is 0 Å². The van der Waals surface area contributed by atoms with Crippen LogP contribution in [-0.2, 0) is 79.6 Å². The number of carbonyl (C=O) groups excluding carboxylic acids is 6. The molecule has 1 N–H and O–H groups in total. The number of amides is 1. The van der Waals surface area contributed by atoms with Crippen LogP contribution < -0.4 is 14.8 Å². The van der Waals surface area contributed by atoms with Gasteiger partial charge in [-0.25, -0.2) is 4.79 Å². The molecule has 24 nitrogen and oxygen atoms in total. The van der Waals surface area contributed by atoms with Crippen LogP contribution >= 0.6 is 11.3 Å². The van der Waals surface area contributed by atoms with Crippen LogP contribution in [0.4, 0.5) is 10.5 Å². The van der Waals surface area contributed by atoms with Gasteiger partial charge in [-0.2, -0.15) is 0 Å². The largest absolute Gasteiger partial charge is 0.514 e. The van der Waals surface area contributed by atoms with E-state index in [1.807, 2.05) is 0 Å². The van der Waals surface area contributed by atoms with E-state index >= 15 is 0 Å². The van der Waals surface area contributed by atoms with Gasteiger partial charge in [-0.1, -0.05) is 11.2 Å². The summed E-state index contributed by atoms with van der Waals surface area (Å²) in [6.07, 6.45) is -8.08. The average molecular weight is 948 g/mol. The van der Waals surface area contributed by atoms with E-state index in [1.165, 1.54) is 29.5 Å². The summed E-state index contributed by atoms with van der Waals surface area (Å²) in [6.45, 7) is 5.90. The van der Waals surface area contributed by atoms with Crippen LogP contribution in [0.1, 0.15) is 44.6 Å². The van der Waals surface area contributed by atoms with Crippen LogP contribution in [0.5, 0.6) is 11.5 Å². The molecule has 4 rings (SSSR count). The Morgan fingerprint density at radius 3 is 2.09 bits per heavy atom. The Balaban J connectivity index is 1.51. The molecule has 0 radical (unpaired) electrons. The van der Waals surface area contributed by atoms with E-state index in [1.54, 1.807) is 12.1 Å². The van der Waals surface area contributed by atoms with Gasteiger partial charge in [0.25, 0.3) is 5.69 Å². The Hall–Kier alpha value is -6.63. The summed E-state index contributed by atoms with van der Waals surface area (Å²) in [5.74, 6) is -3.30. The molecule has 66 heavy (non-hydrogen) atoms. The molecule has 0 bridgehead atoms. The number of thiophene rings is 1. The molecule has 3 aromatic rings. The molecule has 1 aliphatic heterocycles. The number of benzene rings is 2. The molecule has 0 aliphatic carbocycles. The topological polar surface area (TPSA) is 308 Å². The molecule has 358 valence electrons. The second-order valence-electron chi connectivity index (χ2n) is 13.9. The van der Waals surface area contributed by atoms with Crippen molar-refractivity contribution in [3.05, 3.63) is 73.5 Å². The third-order valence-electron chi connectivity index (χ3n) is 8.87. The number of azide groups is 1. The number of esters is 4. The molecule has 1 amide bonds. The zero-order valence-electron chi connectivity index (χ0n) is 36.4. The number of nitro benzene ring substituents is 1. The molecule has 2 heterocycles. The molecule has 0 unspecified atom stereocenters. The fraction of sp³-hybridized carbons (Fsp3) is 0.512. The Morgan fingerprint density at radius 2 is 1.45 bits per heavy atom. The highest BCUT2D eigenvalue weighted by Gasteiger charge is 2.53. The fourth-order valence-electron chi connectivity index (χ4n) is 6.13. The van der Waals surface area contributed by atoms with Crippen LogP contribution in [0.3, 0.4) is 0 Å². The van der Waals surface area contributed by atoms with Gasteiger partial charge in [0.2, 0.25) is 18.3 Å². The molecule has 1 aromatic heterocycles. The highest BCUT2D eigenvalue weighted by atomic mass is 32.1. The Kier molecular flexibility index (Phi) is 21.3. The minimum Gasteiger partial charge on any atom is -0.463 e. The van der Waals surface area contributed by atoms with Gasteiger partial charge < -0.3 is 57.4 Å². The number of aryl methyl sites for hydroxylation is 1. The summed E-state index contributed by atoms with van der Waals surface area (Å²) in [5.41, 5.74) is 8.52. The predicted molar refractivity (Wildman–Crippen MR) is 226 cm³/mol. The minimum absolute atomic E-state index is 0.00000704. The van der Waals surface area contributed by atoms with Crippen molar-refractivity contribution in [1.82, 2.24) is 5.32 Å². The highest BCUT2D eigenvalue weighted by molar-refractivity contribution is 7.19. The monoisotopic (exact) mass is 947 g/mol. The SMILES string of the molecule is CC(=O)OC[C@H]1O[C@@H](Oc2ccc(COC(=O)Oc3ccc([N+](=O)[O-])cc3)c3sc(CCC(=O)NCCOCCOCCOCCN=[N+]=[N-])cc23)[C@H](OC(C)=O)[C@@H](OC(C)=O)[C@H]1OC(C)=O. The quantitative estimate of drug-likeness (QED) is 0.0134. The number of nitrogens with one attached hydrogen (secondary N) is 1. The number of carbonyl (C=O) groups is 6. The average Bonchev–Trinajstić information content (AvgIpc) is 3.70. The summed E-state index contributed by atoms with van der Waals surface area (Å²) in [6, 6.07) is 9.61. The van der Waals surface area contributed by atoms with Crippen molar-refractivity contribution in [3.63, 3.8) is 0 Å². The lowest BCUT2D eigenvalue weighted by Gasteiger charge is -2.44. The first-order chi connectivity index (χ1) is 31.6. The standard InChI is InChI=1S/C41H49N5O19S/c1-24(47)58-23-34-36(60-25(2)48)37(61-26(3)49)38(62-27(4)50)40(65-34)64-33-11-5-28(22-59-41(52)63-30-8-6-29(7-9-30)46(53)54)39-32(33)21-31(66-39)10-12-35(51)43-13-15-55-17-19-57-20-18-56-16-14-44-45-42/h5-9,11,21,34,36-38,40H,10,12-20,22-23H2,1-4H3,(H,43,51)/t34-,36+,37+,38-,40-/m1/s1. The normalized spacial score (nSPS) is 17.7. The van der Waals surface area contributed by atoms with E-state index in [-0.39, 0.29) is 62.2 Å². The van der Waals surface area contributed by atoms with E-state index in [0.717, 1.165) is 39.8 Å². The summed E-state index contributed by atoms with van der Waals surface area (Å²) in [4.78, 5) is 88.1. The van der Waals surface area contributed by atoms with Crippen molar-refractivity contribution in [3.8, 4) is 11.5 Å². The van der Waals surface area contributed by atoms with Crippen molar-refractivity contribution < 1.29 is 85.8 Å².